The second-order valence-electron chi connectivity index (χ2n) is 4.44. The van der Waals surface area contributed by atoms with Crippen LogP contribution in [0.15, 0.2) is 18.5 Å². The lowest BCUT2D eigenvalue weighted by Gasteiger charge is -2.18. The summed E-state index contributed by atoms with van der Waals surface area (Å²) in [6, 6.07) is 1.77. The van der Waals surface area contributed by atoms with Crippen LogP contribution in [0.1, 0.15) is 12.0 Å². The molecule has 1 saturated heterocycles. The van der Waals surface area contributed by atoms with Gasteiger partial charge in [-0.15, -0.1) is 3.89 Å². The van der Waals surface area contributed by atoms with E-state index in [-0.39, 0.29) is 18.9 Å². The van der Waals surface area contributed by atoms with Crippen LogP contribution in [0.5, 0.6) is 0 Å². The van der Waals surface area contributed by atoms with Gasteiger partial charge in [0.15, 0.2) is 0 Å². The zero-order valence-corrected chi connectivity index (χ0v) is 10.7. The van der Waals surface area contributed by atoms with E-state index in [0.717, 1.165) is 5.56 Å². The van der Waals surface area contributed by atoms with Gasteiger partial charge in [0, 0.05) is 25.1 Å². The van der Waals surface area contributed by atoms with Crippen molar-refractivity contribution in [2.75, 3.05) is 17.2 Å². The highest BCUT2D eigenvalue weighted by molar-refractivity contribution is 7.86. The Kier molecular flexibility index (Phi) is 3.34. The van der Waals surface area contributed by atoms with Crippen LogP contribution in [-0.2, 0) is 15.0 Å². The maximum atomic E-state index is 12.6. The summed E-state index contributed by atoms with van der Waals surface area (Å²) in [5.41, 5.74) is 1.53. The molecule has 0 radical (unpaired) electrons. The van der Waals surface area contributed by atoms with Gasteiger partial charge in [-0.1, -0.05) is 0 Å². The number of hydrogen-bond acceptors (Lipinski definition) is 4. The molecule has 0 spiro atoms. The summed E-state index contributed by atoms with van der Waals surface area (Å²) < 4.78 is 33.8. The molecule has 2 heterocycles. The van der Waals surface area contributed by atoms with E-state index >= 15 is 0 Å². The van der Waals surface area contributed by atoms with Gasteiger partial charge < -0.3 is 4.90 Å². The Morgan fingerprint density at radius 3 is 2.89 bits per heavy atom. The fraction of sp³-hybridized carbons (Fsp3) is 0.455. The molecule has 2 rings (SSSR count). The van der Waals surface area contributed by atoms with Crippen LogP contribution >= 0.6 is 0 Å². The quantitative estimate of drug-likeness (QED) is 0.771. The lowest BCUT2D eigenvalue weighted by atomic mass is 10.1. The third kappa shape index (κ3) is 2.84. The average molecular weight is 272 g/mol. The van der Waals surface area contributed by atoms with Crippen molar-refractivity contribution in [3.05, 3.63) is 24.0 Å². The van der Waals surface area contributed by atoms with Crippen molar-refractivity contribution in [2.45, 2.75) is 13.3 Å². The molecule has 18 heavy (non-hydrogen) atoms. The Morgan fingerprint density at radius 2 is 2.28 bits per heavy atom. The molecule has 1 aromatic rings. The first-order chi connectivity index (χ1) is 8.37. The van der Waals surface area contributed by atoms with Crippen molar-refractivity contribution in [3.8, 4) is 0 Å². The van der Waals surface area contributed by atoms with Crippen LogP contribution in [-0.4, -0.2) is 31.6 Å². The predicted molar refractivity (Wildman–Crippen MR) is 64.3 cm³/mol. The fourth-order valence-electron chi connectivity index (χ4n) is 2.15. The van der Waals surface area contributed by atoms with Crippen molar-refractivity contribution in [2.24, 2.45) is 5.92 Å². The van der Waals surface area contributed by atoms with E-state index in [1.807, 2.05) is 6.92 Å². The predicted octanol–water partition coefficient (Wildman–Crippen LogP) is 1.04. The maximum Gasteiger partial charge on any atom is 0.302 e. The van der Waals surface area contributed by atoms with E-state index in [9.17, 15) is 17.1 Å². The fourth-order valence-corrected chi connectivity index (χ4v) is 2.93. The van der Waals surface area contributed by atoms with Gasteiger partial charge in [0.2, 0.25) is 5.91 Å². The molecule has 0 aliphatic carbocycles. The zero-order chi connectivity index (χ0) is 13.3. The van der Waals surface area contributed by atoms with E-state index in [0.29, 0.717) is 5.69 Å². The molecule has 5 nitrogen and oxygen atoms in total. The molecular weight excluding hydrogens is 259 g/mol. The number of aromatic nitrogens is 1. The monoisotopic (exact) mass is 272 g/mol. The summed E-state index contributed by atoms with van der Waals surface area (Å²) in [5, 5.41) is 0. The molecule has 1 aliphatic rings. The molecule has 1 unspecified atom stereocenters. The molecule has 1 fully saturated rings. The average Bonchev–Trinajstić information content (AvgIpc) is 2.57. The zero-order valence-electron chi connectivity index (χ0n) is 9.84. The Hall–Kier alpha value is -1.50. The lowest BCUT2D eigenvalue weighted by Crippen LogP contribution is -2.26. The first-order valence-electron chi connectivity index (χ1n) is 5.50. The Morgan fingerprint density at radius 1 is 1.56 bits per heavy atom. The van der Waals surface area contributed by atoms with Crippen molar-refractivity contribution < 1.29 is 17.1 Å². The highest BCUT2D eigenvalue weighted by Gasteiger charge is 2.34. The molecule has 98 valence electrons. The number of pyridine rings is 1. The van der Waals surface area contributed by atoms with Crippen molar-refractivity contribution in [3.63, 3.8) is 0 Å². The number of carbonyl (C=O) groups is 1. The van der Waals surface area contributed by atoms with Gasteiger partial charge in [-0.25, -0.2) is 0 Å². The van der Waals surface area contributed by atoms with Crippen LogP contribution in [0.25, 0.3) is 0 Å². The van der Waals surface area contributed by atoms with Crippen LogP contribution < -0.4 is 4.90 Å². The molecule has 1 atom stereocenters. The molecule has 7 heteroatoms. The normalized spacial score (nSPS) is 20.4. The molecule has 0 aromatic carbocycles. The number of rotatable bonds is 3. The first-order valence-corrected chi connectivity index (χ1v) is 7.05. The number of anilines is 1. The van der Waals surface area contributed by atoms with E-state index in [1.165, 1.54) is 4.90 Å². The molecule has 1 aromatic heterocycles. The standard InChI is InChI=1S/C11H13FN2O3S/c1-8-2-3-13-5-10(8)14-6-9(4-11(14)15)7-18(12,16)17/h2-3,5,9H,4,6-7H2,1H3. The second kappa shape index (κ2) is 4.64. The number of amides is 1. The summed E-state index contributed by atoms with van der Waals surface area (Å²) >= 11 is 0. The van der Waals surface area contributed by atoms with Crippen LogP contribution in [0, 0.1) is 12.8 Å². The summed E-state index contributed by atoms with van der Waals surface area (Å²) in [7, 11) is -4.54. The third-order valence-corrected chi connectivity index (χ3v) is 3.81. The van der Waals surface area contributed by atoms with Crippen LogP contribution in [0.2, 0.25) is 0 Å². The number of hydrogen-bond donors (Lipinski definition) is 0. The lowest BCUT2D eigenvalue weighted by molar-refractivity contribution is -0.117. The number of carbonyl (C=O) groups excluding carboxylic acids is 1. The number of halogens is 1. The summed E-state index contributed by atoms with van der Waals surface area (Å²) in [6.07, 6.45) is 3.22. The highest BCUT2D eigenvalue weighted by atomic mass is 32.3. The number of nitrogens with zero attached hydrogens (tertiary/aromatic N) is 2. The van der Waals surface area contributed by atoms with E-state index in [1.54, 1.807) is 18.5 Å². The molecular formula is C11H13FN2O3S. The molecule has 1 amide bonds. The van der Waals surface area contributed by atoms with Gasteiger partial charge >= 0.3 is 10.2 Å². The van der Waals surface area contributed by atoms with Gasteiger partial charge in [-0.2, -0.15) is 8.42 Å². The molecule has 0 bridgehead atoms. The molecule has 0 N–H and O–H groups in total. The van der Waals surface area contributed by atoms with Crippen molar-refractivity contribution >= 4 is 21.8 Å². The Bertz CT molecular complexity index is 573. The minimum Gasteiger partial charge on any atom is -0.310 e. The molecule has 0 saturated carbocycles. The van der Waals surface area contributed by atoms with Gasteiger partial charge in [0.1, 0.15) is 0 Å². The summed E-state index contributed by atoms with van der Waals surface area (Å²) in [5.74, 6) is -1.29. The van der Waals surface area contributed by atoms with Gasteiger partial charge in [0.05, 0.1) is 17.6 Å². The highest BCUT2D eigenvalue weighted by Crippen LogP contribution is 2.27. The van der Waals surface area contributed by atoms with Gasteiger partial charge in [-0.05, 0) is 18.6 Å². The minimum atomic E-state index is -4.54. The summed E-state index contributed by atoms with van der Waals surface area (Å²) in [4.78, 5) is 17.2. The van der Waals surface area contributed by atoms with Crippen LogP contribution in [0.3, 0.4) is 0 Å². The number of aryl methyl sites for hydroxylation is 1. The van der Waals surface area contributed by atoms with Crippen molar-refractivity contribution in [1.82, 2.24) is 4.98 Å². The van der Waals surface area contributed by atoms with E-state index in [2.05, 4.69) is 4.98 Å². The van der Waals surface area contributed by atoms with Crippen LogP contribution in [0.4, 0.5) is 9.57 Å². The van der Waals surface area contributed by atoms with E-state index in [4.69, 9.17) is 0 Å². The topological polar surface area (TPSA) is 67.3 Å². The van der Waals surface area contributed by atoms with Crippen molar-refractivity contribution in [1.29, 1.82) is 0 Å². The van der Waals surface area contributed by atoms with Gasteiger partial charge in [0.25, 0.3) is 0 Å². The Labute approximate surface area is 105 Å². The summed E-state index contributed by atoms with van der Waals surface area (Å²) in [6.45, 7) is 2.05. The first kappa shape index (κ1) is 12.9. The smallest absolute Gasteiger partial charge is 0.302 e. The Balaban J connectivity index is 2.18. The SMILES string of the molecule is Cc1ccncc1N1CC(CS(=O)(=O)F)CC1=O. The van der Waals surface area contributed by atoms with E-state index < -0.39 is 21.9 Å². The largest absolute Gasteiger partial charge is 0.310 e. The maximum absolute atomic E-state index is 12.6. The second-order valence-corrected chi connectivity index (χ2v) is 5.85. The molecule has 1 aliphatic heterocycles. The minimum absolute atomic E-state index is 0.0531. The van der Waals surface area contributed by atoms with Gasteiger partial charge in [-0.3, -0.25) is 9.78 Å². The third-order valence-electron chi connectivity index (χ3n) is 2.94.